The summed E-state index contributed by atoms with van der Waals surface area (Å²) >= 11 is 0. The van der Waals surface area contributed by atoms with Gasteiger partial charge in [0.25, 0.3) is 0 Å². The first-order valence-electron chi connectivity index (χ1n) is 9.98. The maximum Gasteiger partial charge on any atom is 0.130 e. The lowest BCUT2D eigenvalue weighted by Gasteiger charge is -2.02. The van der Waals surface area contributed by atoms with Crippen molar-refractivity contribution in [3.8, 4) is 0 Å². The fraction of sp³-hybridized carbons (Fsp3) is 0.250. The van der Waals surface area contributed by atoms with Crippen molar-refractivity contribution in [1.29, 1.82) is 0 Å². The van der Waals surface area contributed by atoms with Crippen molar-refractivity contribution in [2.75, 3.05) is 21.1 Å². The monoisotopic (exact) mass is 471 g/mol. The SMILES string of the molecule is CNCc1c(F)cccc1F.CNCc1c(F)cccc1F.CNCc1ccc(F)cc1F. The van der Waals surface area contributed by atoms with E-state index in [1.165, 1.54) is 48.5 Å². The molecule has 3 N–H and O–H groups in total. The van der Waals surface area contributed by atoms with Crippen LogP contribution in [0.2, 0.25) is 0 Å². The summed E-state index contributed by atoms with van der Waals surface area (Å²) in [6, 6.07) is 11.2. The molecule has 0 saturated carbocycles. The van der Waals surface area contributed by atoms with Crippen LogP contribution in [0.25, 0.3) is 0 Å². The number of nitrogens with one attached hydrogen (secondary N) is 3. The Bertz CT molecular complexity index is 904. The van der Waals surface area contributed by atoms with Crippen LogP contribution in [0.3, 0.4) is 0 Å². The summed E-state index contributed by atoms with van der Waals surface area (Å²) in [5, 5.41) is 8.15. The third-order valence-corrected chi connectivity index (χ3v) is 4.21. The van der Waals surface area contributed by atoms with E-state index in [4.69, 9.17) is 0 Å². The first-order chi connectivity index (χ1) is 15.7. The standard InChI is InChI=1S/3C8H9F2N/c1-11-5-6-2-3-7(9)4-8(6)10;2*1-11-5-6-7(9)3-2-4-8(6)10/h3*2-4,11H,5H2,1H3. The van der Waals surface area contributed by atoms with Gasteiger partial charge in [0.05, 0.1) is 0 Å². The molecule has 0 spiro atoms. The van der Waals surface area contributed by atoms with Crippen LogP contribution in [0.4, 0.5) is 26.3 Å². The Morgan fingerprint density at radius 3 is 1.24 bits per heavy atom. The fourth-order valence-electron chi connectivity index (χ4n) is 2.61. The Morgan fingerprint density at radius 2 is 0.909 bits per heavy atom. The average Bonchev–Trinajstić information content (AvgIpc) is 2.77. The number of halogens is 6. The molecular weight excluding hydrogens is 444 g/mol. The van der Waals surface area contributed by atoms with Crippen LogP contribution >= 0.6 is 0 Å². The molecular formula is C24H27F6N3. The van der Waals surface area contributed by atoms with Crippen LogP contribution in [-0.4, -0.2) is 21.1 Å². The first-order valence-corrected chi connectivity index (χ1v) is 9.98. The van der Waals surface area contributed by atoms with E-state index in [2.05, 4.69) is 16.0 Å². The molecule has 3 aromatic rings. The molecule has 0 atom stereocenters. The van der Waals surface area contributed by atoms with Gasteiger partial charge in [0.15, 0.2) is 0 Å². The van der Waals surface area contributed by atoms with Crippen LogP contribution in [0.5, 0.6) is 0 Å². The van der Waals surface area contributed by atoms with Crippen LogP contribution in [0.15, 0.2) is 54.6 Å². The van der Waals surface area contributed by atoms with E-state index in [1.54, 1.807) is 21.1 Å². The molecule has 0 fully saturated rings. The molecule has 0 heterocycles. The lowest BCUT2D eigenvalue weighted by Crippen LogP contribution is -2.08. The van der Waals surface area contributed by atoms with Crippen molar-refractivity contribution in [3.63, 3.8) is 0 Å². The predicted molar refractivity (Wildman–Crippen MR) is 117 cm³/mol. The van der Waals surface area contributed by atoms with Gasteiger partial charge in [-0.15, -0.1) is 0 Å². The summed E-state index contributed by atoms with van der Waals surface area (Å²) < 4.78 is 76.1. The van der Waals surface area contributed by atoms with Gasteiger partial charge < -0.3 is 16.0 Å². The van der Waals surface area contributed by atoms with Crippen molar-refractivity contribution in [2.24, 2.45) is 0 Å². The second-order valence-electron chi connectivity index (χ2n) is 6.73. The minimum absolute atomic E-state index is 0.0926. The lowest BCUT2D eigenvalue weighted by molar-refractivity contribution is 0.545. The van der Waals surface area contributed by atoms with Gasteiger partial charge in [-0.3, -0.25) is 0 Å². The third kappa shape index (κ3) is 9.65. The molecule has 0 unspecified atom stereocenters. The van der Waals surface area contributed by atoms with Crippen LogP contribution in [0, 0.1) is 34.9 Å². The van der Waals surface area contributed by atoms with E-state index in [-0.39, 0.29) is 24.2 Å². The highest BCUT2D eigenvalue weighted by Crippen LogP contribution is 2.12. The molecule has 0 aliphatic heterocycles. The van der Waals surface area contributed by atoms with E-state index < -0.39 is 34.9 Å². The van der Waals surface area contributed by atoms with Crippen molar-refractivity contribution < 1.29 is 26.3 Å². The zero-order valence-corrected chi connectivity index (χ0v) is 18.6. The Labute approximate surface area is 189 Å². The summed E-state index contributed by atoms with van der Waals surface area (Å²) in [5.74, 6) is -3.04. The van der Waals surface area contributed by atoms with Crippen LogP contribution in [0.1, 0.15) is 16.7 Å². The zero-order chi connectivity index (χ0) is 24.8. The molecule has 0 aliphatic carbocycles. The Hall–Kier alpha value is -2.88. The molecule has 0 amide bonds. The van der Waals surface area contributed by atoms with Gasteiger partial charge in [0.2, 0.25) is 0 Å². The highest BCUT2D eigenvalue weighted by Gasteiger charge is 2.06. The average molecular weight is 471 g/mol. The third-order valence-electron chi connectivity index (χ3n) is 4.21. The quantitative estimate of drug-likeness (QED) is 0.441. The predicted octanol–water partition coefficient (Wildman–Crippen LogP) is 5.05. The number of hydrogen-bond donors (Lipinski definition) is 3. The van der Waals surface area contributed by atoms with Gasteiger partial charge >= 0.3 is 0 Å². The summed E-state index contributed by atoms with van der Waals surface area (Å²) in [7, 11) is 5.00. The summed E-state index contributed by atoms with van der Waals surface area (Å²) in [6.07, 6.45) is 0. The Kier molecular flexibility index (Phi) is 12.8. The summed E-state index contributed by atoms with van der Waals surface area (Å²) in [5.41, 5.74) is 0.666. The smallest absolute Gasteiger partial charge is 0.130 e. The highest BCUT2D eigenvalue weighted by atomic mass is 19.2. The first kappa shape index (κ1) is 28.2. The van der Waals surface area contributed by atoms with Gasteiger partial charge in [-0.2, -0.15) is 0 Å². The lowest BCUT2D eigenvalue weighted by atomic mass is 10.2. The highest BCUT2D eigenvalue weighted by molar-refractivity contribution is 5.20. The molecule has 0 saturated heterocycles. The molecule has 3 nitrogen and oxygen atoms in total. The Morgan fingerprint density at radius 1 is 0.515 bits per heavy atom. The topological polar surface area (TPSA) is 36.1 Å². The largest absolute Gasteiger partial charge is 0.316 e. The van der Waals surface area contributed by atoms with Gasteiger partial charge in [0.1, 0.15) is 34.9 Å². The maximum atomic E-state index is 12.8. The zero-order valence-electron chi connectivity index (χ0n) is 18.6. The van der Waals surface area contributed by atoms with Crippen molar-refractivity contribution >= 4 is 0 Å². The van der Waals surface area contributed by atoms with Gasteiger partial charge in [-0.25, -0.2) is 26.3 Å². The van der Waals surface area contributed by atoms with Crippen molar-refractivity contribution in [2.45, 2.75) is 19.6 Å². The van der Waals surface area contributed by atoms with E-state index in [9.17, 15) is 26.3 Å². The van der Waals surface area contributed by atoms with Gasteiger partial charge in [-0.1, -0.05) is 18.2 Å². The fourth-order valence-corrected chi connectivity index (χ4v) is 2.61. The maximum absolute atomic E-state index is 12.8. The summed E-state index contributed by atoms with van der Waals surface area (Å²) in [4.78, 5) is 0. The minimum Gasteiger partial charge on any atom is -0.316 e. The molecule has 3 aromatic carbocycles. The van der Waals surface area contributed by atoms with E-state index in [0.717, 1.165) is 6.07 Å². The van der Waals surface area contributed by atoms with Gasteiger partial charge in [0, 0.05) is 42.4 Å². The number of rotatable bonds is 6. The van der Waals surface area contributed by atoms with E-state index in [0.29, 0.717) is 12.1 Å². The van der Waals surface area contributed by atoms with Gasteiger partial charge in [-0.05, 0) is 51.5 Å². The molecule has 3 rings (SSSR count). The normalized spacial score (nSPS) is 10.1. The van der Waals surface area contributed by atoms with Crippen molar-refractivity contribution in [1.82, 2.24) is 16.0 Å². The van der Waals surface area contributed by atoms with Crippen molar-refractivity contribution in [3.05, 3.63) is 106 Å². The molecule has 180 valence electrons. The molecule has 9 heteroatoms. The van der Waals surface area contributed by atoms with Crippen LogP contribution < -0.4 is 16.0 Å². The molecule has 0 aliphatic rings. The number of hydrogen-bond acceptors (Lipinski definition) is 3. The second-order valence-corrected chi connectivity index (χ2v) is 6.73. The summed E-state index contributed by atoms with van der Waals surface area (Å²) in [6.45, 7) is 0.864. The Balaban J connectivity index is 0.000000247. The van der Waals surface area contributed by atoms with E-state index in [1.807, 2.05) is 0 Å². The van der Waals surface area contributed by atoms with Crippen LogP contribution in [-0.2, 0) is 19.6 Å². The van der Waals surface area contributed by atoms with E-state index >= 15 is 0 Å². The molecule has 0 bridgehead atoms. The number of benzene rings is 3. The minimum atomic E-state index is -0.539. The molecule has 0 aromatic heterocycles. The molecule has 0 radical (unpaired) electrons. The second kappa shape index (κ2) is 15.0. The molecule has 33 heavy (non-hydrogen) atoms.